The number of rotatable bonds is 6. The molecule has 0 saturated carbocycles. The first-order valence-corrected chi connectivity index (χ1v) is 7.44. The van der Waals surface area contributed by atoms with E-state index in [-0.39, 0.29) is 28.5 Å². The Balaban J connectivity index is 2.43. The Hall–Kier alpha value is -1.45. The summed E-state index contributed by atoms with van der Waals surface area (Å²) in [6, 6.07) is 2.75. The highest BCUT2D eigenvalue weighted by Gasteiger charge is 2.12. The Labute approximate surface area is 108 Å². The van der Waals surface area contributed by atoms with Gasteiger partial charge in [0.05, 0.1) is 10.6 Å². The Bertz CT molecular complexity index is 549. The van der Waals surface area contributed by atoms with E-state index in [4.69, 9.17) is 10.2 Å². The monoisotopic (exact) mass is 292 g/mol. The van der Waals surface area contributed by atoms with E-state index in [0.29, 0.717) is 0 Å². The molecule has 0 bridgehead atoms. The molecular weight excluding hydrogens is 280 g/mol. The van der Waals surface area contributed by atoms with Gasteiger partial charge in [-0.1, -0.05) is 0 Å². The van der Waals surface area contributed by atoms with Crippen LogP contribution in [0.1, 0.15) is 25.8 Å². The molecule has 9 heteroatoms. The number of carboxylic acids is 1. The van der Waals surface area contributed by atoms with Crippen LogP contribution in [-0.4, -0.2) is 37.7 Å². The minimum atomic E-state index is -3.52. The van der Waals surface area contributed by atoms with Crippen LogP contribution in [-0.2, 0) is 10.0 Å². The molecule has 0 unspecified atom stereocenters. The quantitative estimate of drug-likeness (QED) is 0.629. The maximum atomic E-state index is 11.5. The summed E-state index contributed by atoms with van der Waals surface area (Å²) < 4.78 is 21.3. The fourth-order valence-corrected chi connectivity index (χ4v) is 2.45. The van der Waals surface area contributed by atoms with E-state index in [9.17, 15) is 18.0 Å². The van der Waals surface area contributed by atoms with Crippen LogP contribution in [0, 0.1) is 0 Å². The number of aromatic carboxylic acids is 1. The minimum Gasteiger partial charge on any atom is -0.477 e. The van der Waals surface area contributed by atoms with Gasteiger partial charge in [0.15, 0.2) is 0 Å². The Morgan fingerprint density at radius 2 is 1.94 bits per heavy atom. The van der Waals surface area contributed by atoms with Crippen LogP contribution in [0.4, 0.5) is 0 Å². The number of hydrogen-bond acceptors (Lipinski definition) is 5. The molecular formula is C9H12N2O5S2. The summed E-state index contributed by atoms with van der Waals surface area (Å²) in [4.78, 5) is 22.5. The summed E-state index contributed by atoms with van der Waals surface area (Å²) in [5.74, 6) is -1.73. The molecule has 100 valence electrons. The van der Waals surface area contributed by atoms with E-state index in [1.54, 1.807) is 0 Å². The smallest absolute Gasteiger partial charge is 0.345 e. The summed E-state index contributed by atoms with van der Waals surface area (Å²) in [6.45, 7) is 0.162. The molecule has 0 radical (unpaired) electrons. The molecule has 7 nitrogen and oxygen atoms in total. The van der Waals surface area contributed by atoms with Crippen molar-refractivity contribution in [3.8, 4) is 0 Å². The van der Waals surface area contributed by atoms with Gasteiger partial charge in [0, 0.05) is 6.54 Å². The van der Waals surface area contributed by atoms with E-state index in [0.717, 1.165) is 11.3 Å². The lowest BCUT2D eigenvalue weighted by Crippen LogP contribution is -2.26. The Kier molecular flexibility index (Phi) is 4.82. The van der Waals surface area contributed by atoms with Crippen LogP contribution in [0.3, 0.4) is 0 Å². The van der Waals surface area contributed by atoms with E-state index in [1.165, 1.54) is 12.1 Å². The fraction of sp³-hybridized carbons (Fsp3) is 0.333. The molecule has 1 aromatic heterocycles. The molecule has 0 aliphatic carbocycles. The van der Waals surface area contributed by atoms with Crippen molar-refractivity contribution in [1.82, 2.24) is 5.32 Å². The summed E-state index contributed by atoms with van der Waals surface area (Å²) in [7, 11) is -3.52. The standard InChI is InChI=1S/C9H12N2O5S2/c10-18(15,16)5-1-4-11-8(12)6-2-3-7(17-6)9(13)14/h2-3H,1,4-5H2,(H,11,12)(H,13,14)(H2,10,15,16). The van der Waals surface area contributed by atoms with Crippen LogP contribution < -0.4 is 10.5 Å². The highest BCUT2D eigenvalue weighted by atomic mass is 32.2. The van der Waals surface area contributed by atoms with Crippen LogP contribution in [0.25, 0.3) is 0 Å². The topological polar surface area (TPSA) is 127 Å². The van der Waals surface area contributed by atoms with Gasteiger partial charge in [-0.2, -0.15) is 0 Å². The second-order valence-corrected chi connectivity index (χ2v) is 6.26. The number of amides is 1. The highest BCUT2D eigenvalue weighted by Crippen LogP contribution is 2.15. The molecule has 1 aromatic rings. The lowest BCUT2D eigenvalue weighted by Gasteiger charge is -2.02. The predicted molar refractivity (Wildman–Crippen MR) is 66.2 cm³/mol. The maximum Gasteiger partial charge on any atom is 0.345 e. The first-order valence-electron chi connectivity index (χ1n) is 4.91. The first kappa shape index (κ1) is 14.6. The Morgan fingerprint density at radius 1 is 1.33 bits per heavy atom. The largest absolute Gasteiger partial charge is 0.477 e. The molecule has 0 aliphatic rings. The van der Waals surface area contributed by atoms with Crippen LogP contribution in [0.5, 0.6) is 0 Å². The number of thiophene rings is 1. The SMILES string of the molecule is NS(=O)(=O)CCCNC(=O)c1ccc(C(=O)O)s1. The number of nitrogens with one attached hydrogen (secondary N) is 1. The lowest BCUT2D eigenvalue weighted by atomic mass is 10.4. The molecule has 0 atom stereocenters. The molecule has 0 aromatic carbocycles. The van der Waals surface area contributed by atoms with Crippen molar-refractivity contribution in [2.24, 2.45) is 5.14 Å². The van der Waals surface area contributed by atoms with Crippen molar-refractivity contribution in [1.29, 1.82) is 0 Å². The number of carbonyl (C=O) groups excluding carboxylic acids is 1. The summed E-state index contributed by atoms with van der Waals surface area (Å²) in [5, 5.41) is 16.0. The van der Waals surface area contributed by atoms with Gasteiger partial charge >= 0.3 is 5.97 Å². The van der Waals surface area contributed by atoms with Crippen LogP contribution >= 0.6 is 11.3 Å². The summed E-state index contributed by atoms with van der Waals surface area (Å²) in [6.07, 6.45) is 0.210. The molecule has 0 fully saturated rings. The molecule has 0 aliphatic heterocycles. The minimum absolute atomic E-state index is 0.0738. The number of carbonyl (C=O) groups is 2. The Morgan fingerprint density at radius 3 is 2.44 bits per heavy atom. The molecule has 0 spiro atoms. The van der Waals surface area contributed by atoms with Gasteiger partial charge < -0.3 is 10.4 Å². The zero-order chi connectivity index (χ0) is 13.8. The molecule has 1 amide bonds. The third-order valence-corrected chi connectivity index (χ3v) is 3.86. The lowest BCUT2D eigenvalue weighted by molar-refractivity contribution is 0.0702. The zero-order valence-electron chi connectivity index (χ0n) is 9.25. The van der Waals surface area contributed by atoms with Crippen molar-refractivity contribution in [2.75, 3.05) is 12.3 Å². The third-order valence-electron chi connectivity index (χ3n) is 1.93. The van der Waals surface area contributed by atoms with Gasteiger partial charge in [0.25, 0.3) is 5.91 Å². The van der Waals surface area contributed by atoms with E-state index < -0.39 is 21.9 Å². The van der Waals surface area contributed by atoms with Crippen LogP contribution in [0.15, 0.2) is 12.1 Å². The first-order chi connectivity index (χ1) is 8.29. The highest BCUT2D eigenvalue weighted by molar-refractivity contribution is 7.89. The van der Waals surface area contributed by atoms with Gasteiger partial charge in [-0.3, -0.25) is 4.79 Å². The number of carboxylic acid groups (broad SMARTS) is 1. The van der Waals surface area contributed by atoms with Crippen LogP contribution in [0.2, 0.25) is 0 Å². The molecule has 18 heavy (non-hydrogen) atoms. The predicted octanol–water partition coefficient (Wildman–Crippen LogP) is -0.145. The molecule has 1 heterocycles. The van der Waals surface area contributed by atoms with E-state index in [1.807, 2.05) is 0 Å². The molecule has 0 saturated heterocycles. The zero-order valence-corrected chi connectivity index (χ0v) is 10.9. The van der Waals surface area contributed by atoms with E-state index >= 15 is 0 Å². The van der Waals surface area contributed by atoms with Crippen molar-refractivity contribution in [3.63, 3.8) is 0 Å². The molecule has 1 rings (SSSR count). The van der Waals surface area contributed by atoms with Gasteiger partial charge in [-0.05, 0) is 18.6 Å². The number of primary sulfonamides is 1. The van der Waals surface area contributed by atoms with Gasteiger partial charge in [-0.15, -0.1) is 11.3 Å². The average molecular weight is 292 g/mol. The van der Waals surface area contributed by atoms with Crippen molar-refractivity contribution >= 4 is 33.2 Å². The summed E-state index contributed by atoms with van der Waals surface area (Å²) in [5.41, 5.74) is 0. The second-order valence-electron chi connectivity index (χ2n) is 3.45. The normalized spacial score (nSPS) is 11.2. The third kappa shape index (κ3) is 4.82. The van der Waals surface area contributed by atoms with Gasteiger partial charge in [0.2, 0.25) is 10.0 Å². The van der Waals surface area contributed by atoms with Gasteiger partial charge in [-0.25, -0.2) is 18.4 Å². The second kappa shape index (κ2) is 5.94. The molecule has 4 N–H and O–H groups in total. The average Bonchev–Trinajstić information content (AvgIpc) is 2.72. The maximum absolute atomic E-state index is 11.5. The van der Waals surface area contributed by atoms with E-state index in [2.05, 4.69) is 5.32 Å². The van der Waals surface area contributed by atoms with Crippen molar-refractivity contribution in [2.45, 2.75) is 6.42 Å². The fourth-order valence-electron chi connectivity index (χ4n) is 1.14. The number of sulfonamides is 1. The van der Waals surface area contributed by atoms with Gasteiger partial charge in [0.1, 0.15) is 4.88 Å². The van der Waals surface area contributed by atoms with Crippen molar-refractivity contribution < 1.29 is 23.1 Å². The number of hydrogen-bond donors (Lipinski definition) is 3. The van der Waals surface area contributed by atoms with Crippen molar-refractivity contribution in [3.05, 3.63) is 21.9 Å². The number of nitrogens with two attached hydrogens (primary N) is 1. The summed E-state index contributed by atoms with van der Waals surface area (Å²) >= 11 is 0.858.